The van der Waals surface area contributed by atoms with Crippen molar-refractivity contribution in [3.05, 3.63) is 0 Å². The maximum atomic E-state index is 12.1. The fourth-order valence-electron chi connectivity index (χ4n) is 2.56. The van der Waals surface area contributed by atoms with Crippen molar-refractivity contribution in [2.45, 2.75) is 31.4 Å². The van der Waals surface area contributed by atoms with E-state index < -0.39 is 12.5 Å². The number of nitrogens with zero attached hydrogens (tertiary/aromatic N) is 1. The van der Waals surface area contributed by atoms with E-state index in [1.165, 1.54) is 0 Å². The molecular formula is C10H18F2N2O. The summed E-state index contributed by atoms with van der Waals surface area (Å²) in [6.45, 7) is 3.23. The summed E-state index contributed by atoms with van der Waals surface area (Å²) < 4.78 is 24.1. The first-order chi connectivity index (χ1) is 7.16. The van der Waals surface area contributed by atoms with E-state index in [2.05, 4.69) is 10.2 Å². The lowest BCUT2D eigenvalue weighted by Gasteiger charge is -2.45. The molecular weight excluding hydrogens is 202 g/mol. The zero-order chi connectivity index (χ0) is 10.8. The number of halogens is 2. The molecule has 2 atom stereocenters. The van der Waals surface area contributed by atoms with Gasteiger partial charge in [-0.15, -0.1) is 0 Å². The minimum Gasteiger partial charge on any atom is -0.386 e. The third-order valence-electron chi connectivity index (χ3n) is 3.54. The second-order valence-electron chi connectivity index (χ2n) is 4.55. The maximum Gasteiger partial charge on any atom is 0.265 e. The average Bonchev–Trinajstić information content (AvgIpc) is 2.27. The van der Waals surface area contributed by atoms with Crippen LogP contribution < -0.4 is 5.32 Å². The van der Waals surface area contributed by atoms with Crippen LogP contribution in [0.5, 0.6) is 0 Å². The summed E-state index contributed by atoms with van der Waals surface area (Å²) in [4.78, 5) is 2.35. The number of alkyl halides is 2. The Labute approximate surface area is 88.4 Å². The summed E-state index contributed by atoms with van der Waals surface area (Å²) in [5.74, 6) is 0.611. The zero-order valence-electron chi connectivity index (χ0n) is 8.70. The molecule has 2 N–H and O–H groups in total. The molecule has 3 aliphatic heterocycles. The van der Waals surface area contributed by atoms with Gasteiger partial charge in [0.15, 0.2) is 0 Å². The average molecular weight is 220 g/mol. The number of aliphatic hydroxyl groups is 1. The molecule has 88 valence electrons. The molecule has 15 heavy (non-hydrogen) atoms. The number of nitrogens with one attached hydrogen (secondary N) is 1. The van der Waals surface area contributed by atoms with E-state index in [1.807, 2.05) is 0 Å². The van der Waals surface area contributed by atoms with E-state index >= 15 is 0 Å². The van der Waals surface area contributed by atoms with Gasteiger partial charge in [-0.25, -0.2) is 8.78 Å². The summed E-state index contributed by atoms with van der Waals surface area (Å²) in [6, 6.07) is 0.292. The molecule has 0 aromatic rings. The first-order valence-corrected chi connectivity index (χ1v) is 5.59. The minimum atomic E-state index is -2.64. The molecule has 0 saturated carbocycles. The normalized spacial score (nSPS) is 37.2. The molecule has 0 radical (unpaired) electrons. The summed E-state index contributed by atoms with van der Waals surface area (Å²) in [5, 5.41) is 12.1. The second kappa shape index (κ2) is 4.72. The highest BCUT2D eigenvalue weighted by molar-refractivity contribution is 4.91. The summed E-state index contributed by atoms with van der Waals surface area (Å²) in [6.07, 6.45) is -1.86. The van der Waals surface area contributed by atoms with Gasteiger partial charge in [0.1, 0.15) is 6.10 Å². The van der Waals surface area contributed by atoms with Crippen molar-refractivity contribution in [1.82, 2.24) is 10.2 Å². The van der Waals surface area contributed by atoms with Crippen LogP contribution in [0.2, 0.25) is 0 Å². The van der Waals surface area contributed by atoms with E-state index in [9.17, 15) is 8.78 Å². The van der Waals surface area contributed by atoms with Gasteiger partial charge in [0, 0.05) is 19.1 Å². The fourth-order valence-corrected chi connectivity index (χ4v) is 2.56. The van der Waals surface area contributed by atoms with Crippen LogP contribution in [0.3, 0.4) is 0 Å². The summed E-state index contributed by atoms with van der Waals surface area (Å²) >= 11 is 0. The molecule has 2 unspecified atom stereocenters. The fraction of sp³-hybridized carbons (Fsp3) is 1.00. The van der Waals surface area contributed by atoms with Crippen LogP contribution in [0.4, 0.5) is 8.78 Å². The largest absolute Gasteiger partial charge is 0.386 e. The molecule has 3 aliphatic rings. The molecule has 0 aromatic heterocycles. The van der Waals surface area contributed by atoms with Gasteiger partial charge in [-0.05, 0) is 31.8 Å². The maximum absolute atomic E-state index is 12.1. The molecule has 3 heterocycles. The lowest BCUT2D eigenvalue weighted by molar-refractivity contribution is -0.0111. The van der Waals surface area contributed by atoms with Crippen LogP contribution in [0.15, 0.2) is 0 Å². The van der Waals surface area contributed by atoms with Gasteiger partial charge in [-0.1, -0.05) is 0 Å². The highest BCUT2D eigenvalue weighted by atomic mass is 19.3. The number of aliphatic hydroxyl groups excluding tert-OH is 1. The van der Waals surface area contributed by atoms with E-state index in [0.29, 0.717) is 12.0 Å². The Bertz CT molecular complexity index is 208. The topological polar surface area (TPSA) is 35.5 Å². The highest BCUT2D eigenvalue weighted by Gasteiger charge is 2.34. The molecule has 0 amide bonds. The van der Waals surface area contributed by atoms with Crippen molar-refractivity contribution in [2.24, 2.45) is 5.92 Å². The molecule has 3 saturated heterocycles. The molecule has 0 aromatic carbocycles. The van der Waals surface area contributed by atoms with Crippen molar-refractivity contribution in [2.75, 3.05) is 26.2 Å². The molecule has 0 aliphatic carbocycles. The first kappa shape index (κ1) is 11.2. The van der Waals surface area contributed by atoms with Crippen LogP contribution in [-0.2, 0) is 0 Å². The standard InChI is InChI=1S/C10H18F2N2O/c11-10(12)9(15)5-13-8-6-14-3-1-7(8)2-4-14/h7-10,13,15H,1-6H2. The molecule has 0 spiro atoms. The first-order valence-electron chi connectivity index (χ1n) is 5.59. The van der Waals surface area contributed by atoms with Gasteiger partial charge in [0.2, 0.25) is 0 Å². The molecule has 3 fully saturated rings. The van der Waals surface area contributed by atoms with E-state index in [-0.39, 0.29) is 6.54 Å². The van der Waals surface area contributed by atoms with Crippen molar-refractivity contribution in [3.8, 4) is 0 Å². The Kier molecular flexibility index (Phi) is 3.53. The Balaban J connectivity index is 1.75. The lowest BCUT2D eigenvalue weighted by atomic mass is 9.84. The third-order valence-corrected chi connectivity index (χ3v) is 3.54. The third kappa shape index (κ3) is 2.65. The van der Waals surface area contributed by atoms with Crippen molar-refractivity contribution < 1.29 is 13.9 Å². The minimum absolute atomic E-state index is 0.00662. The SMILES string of the molecule is OC(CNC1CN2CCC1CC2)C(F)F. The van der Waals surface area contributed by atoms with E-state index in [0.717, 1.165) is 32.5 Å². The molecule has 5 heteroatoms. The number of fused-ring (bicyclic) bond motifs is 3. The van der Waals surface area contributed by atoms with E-state index in [4.69, 9.17) is 5.11 Å². The second-order valence-corrected chi connectivity index (χ2v) is 4.55. The lowest BCUT2D eigenvalue weighted by Crippen LogP contribution is -2.57. The Morgan fingerprint density at radius 1 is 1.33 bits per heavy atom. The quantitative estimate of drug-likeness (QED) is 0.715. The van der Waals surface area contributed by atoms with Crippen LogP contribution in [-0.4, -0.2) is 54.8 Å². The van der Waals surface area contributed by atoms with Crippen LogP contribution in [0.25, 0.3) is 0 Å². The highest BCUT2D eigenvalue weighted by Crippen LogP contribution is 2.27. The Hall–Kier alpha value is -0.260. The van der Waals surface area contributed by atoms with Gasteiger partial charge in [-0.2, -0.15) is 0 Å². The van der Waals surface area contributed by atoms with Crippen molar-refractivity contribution >= 4 is 0 Å². The van der Waals surface area contributed by atoms with Crippen molar-refractivity contribution in [1.29, 1.82) is 0 Å². The number of hydrogen-bond donors (Lipinski definition) is 2. The number of hydrogen-bond acceptors (Lipinski definition) is 3. The van der Waals surface area contributed by atoms with Gasteiger partial charge in [0.05, 0.1) is 0 Å². The molecule has 3 rings (SSSR count). The molecule has 3 nitrogen and oxygen atoms in total. The summed E-state index contributed by atoms with van der Waals surface area (Å²) in [7, 11) is 0. The Morgan fingerprint density at radius 2 is 2.00 bits per heavy atom. The van der Waals surface area contributed by atoms with Crippen molar-refractivity contribution in [3.63, 3.8) is 0 Å². The van der Waals surface area contributed by atoms with Crippen LogP contribution in [0.1, 0.15) is 12.8 Å². The zero-order valence-corrected chi connectivity index (χ0v) is 8.70. The monoisotopic (exact) mass is 220 g/mol. The van der Waals surface area contributed by atoms with Crippen LogP contribution >= 0.6 is 0 Å². The predicted octanol–water partition coefficient (Wildman–Crippen LogP) is 0.296. The van der Waals surface area contributed by atoms with Gasteiger partial charge in [-0.3, -0.25) is 0 Å². The van der Waals surface area contributed by atoms with Crippen LogP contribution in [0, 0.1) is 5.92 Å². The molecule has 2 bridgehead atoms. The Morgan fingerprint density at radius 3 is 2.47 bits per heavy atom. The number of piperidine rings is 3. The van der Waals surface area contributed by atoms with Gasteiger partial charge in [0.25, 0.3) is 6.43 Å². The predicted molar refractivity (Wildman–Crippen MR) is 53.0 cm³/mol. The van der Waals surface area contributed by atoms with Gasteiger partial charge < -0.3 is 15.3 Å². The van der Waals surface area contributed by atoms with E-state index in [1.54, 1.807) is 0 Å². The summed E-state index contributed by atoms with van der Waals surface area (Å²) in [5.41, 5.74) is 0. The smallest absolute Gasteiger partial charge is 0.265 e. The number of rotatable bonds is 4. The van der Waals surface area contributed by atoms with Gasteiger partial charge >= 0.3 is 0 Å².